The molecule has 2 aromatic carbocycles. The maximum atomic E-state index is 12.2. The van der Waals surface area contributed by atoms with Crippen LogP contribution in [0.4, 0.5) is 14.5 Å². The molecular weight excluding hydrogens is 322 g/mol. The minimum Gasteiger partial charge on any atom is -0.435 e. The number of nitrogens with one attached hydrogen (secondary N) is 1. The Morgan fingerprint density at radius 1 is 1.17 bits per heavy atom. The van der Waals surface area contributed by atoms with Crippen molar-refractivity contribution in [3.05, 3.63) is 69.8 Å². The second-order valence-corrected chi connectivity index (χ2v) is 4.92. The summed E-state index contributed by atoms with van der Waals surface area (Å²) >= 11 is 0. The number of halogens is 2. The zero-order valence-electron chi connectivity index (χ0n) is 12.6. The molecule has 126 valence electrons. The van der Waals surface area contributed by atoms with E-state index in [2.05, 4.69) is 10.1 Å². The molecule has 1 N–H and O–H groups in total. The first-order valence-corrected chi connectivity index (χ1v) is 6.97. The molecule has 0 bridgehead atoms. The second-order valence-electron chi connectivity index (χ2n) is 4.92. The van der Waals surface area contributed by atoms with Gasteiger partial charge < -0.3 is 10.1 Å². The van der Waals surface area contributed by atoms with Crippen LogP contribution in [0.15, 0.2) is 48.5 Å². The van der Waals surface area contributed by atoms with Crippen molar-refractivity contribution in [1.82, 2.24) is 5.32 Å². The monoisotopic (exact) mass is 336 g/mol. The van der Waals surface area contributed by atoms with Gasteiger partial charge in [-0.3, -0.25) is 14.9 Å². The Kier molecular flexibility index (Phi) is 5.41. The molecular formula is C16H14F2N2O4. The number of carbonyl (C=O) groups is 1. The van der Waals surface area contributed by atoms with Crippen molar-refractivity contribution in [3.63, 3.8) is 0 Å². The van der Waals surface area contributed by atoms with Crippen LogP contribution >= 0.6 is 0 Å². The van der Waals surface area contributed by atoms with Crippen molar-refractivity contribution in [3.8, 4) is 5.75 Å². The van der Waals surface area contributed by atoms with Crippen LogP contribution in [0, 0.1) is 10.1 Å². The lowest BCUT2D eigenvalue weighted by Gasteiger charge is -2.15. The third-order valence-corrected chi connectivity index (χ3v) is 3.30. The summed E-state index contributed by atoms with van der Waals surface area (Å²) in [5, 5.41) is 13.6. The fourth-order valence-corrected chi connectivity index (χ4v) is 2.12. The van der Waals surface area contributed by atoms with Crippen LogP contribution in [-0.4, -0.2) is 17.4 Å². The number of nitrogens with zero attached hydrogens (tertiary/aromatic N) is 1. The van der Waals surface area contributed by atoms with E-state index in [4.69, 9.17) is 0 Å². The number of ether oxygens (including phenoxy) is 1. The molecule has 0 saturated heterocycles. The lowest BCUT2D eigenvalue weighted by molar-refractivity contribution is -0.385. The first kappa shape index (κ1) is 17.3. The van der Waals surface area contributed by atoms with Crippen LogP contribution in [0.1, 0.15) is 28.9 Å². The highest BCUT2D eigenvalue weighted by atomic mass is 19.3. The molecule has 1 amide bonds. The standard InChI is InChI=1S/C16H14F2N2O4/c1-10(11-6-8-12(9-7-11)24-16(17)18)19-15(21)13-4-2-3-5-14(13)20(22)23/h2-10,16H,1H3,(H,19,21). The summed E-state index contributed by atoms with van der Waals surface area (Å²) in [6.07, 6.45) is 0. The van der Waals surface area contributed by atoms with E-state index in [0.29, 0.717) is 5.56 Å². The van der Waals surface area contributed by atoms with Gasteiger partial charge in [-0.2, -0.15) is 8.78 Å². The number of amides is 1. The molecule has 2 aromatic rings. The third kappa shape index (κ3) is 4.25. The summed E-state index contributed by atoms with van der Waals surface area (Å²) in [5.74, 6) is -0.589. The predicted molar refractivity (Wildman–Crippen MR) is 82.1 cm³/mol. The predicted octanol–water partition coefficient (Wildman–Crippen LogP) is 3.69. The van der Waals surface area contributed by atoms with E-state index < -0.39 is 23.5 Å². The number of carbonyl (C=O) groups excluding carboxylic acids is 1. The van der Waals surface area contributed by atoms with E-state index in [9.17, 15) is 23.7 Å². The molecule has 0 aromatic heterocycles. The number of nitro groups is 1. The smallest absolute Gasteiger partial charge is 0.387 e. The van der Waals surface area contributed by atoms with E-state index in [1.165, 1.54) is 48.5 Å². The Morgan fingerprint density at radius 3 is 2.38 bits per heavy atom. The maximum absolute atomic E-state index is 12.2. The molecule has 0 aliphatic heterocycles. The number of nitro benzene ring substituents is 1. The van der Waals surface area contributed by atoms with Gasteiger partial charge in [0.05, 0.1) is 11.0 Å². The fourth-order valence-electron chi connectivity index (χ4n) is 2.12. The van der Waals surface area contributed by atoms with Gasteiger partial charge in [-0.15, -0.1) is 0 Å². The fraction of sp³-hybridized carbons (Fsp3) is 0.188. The highest BCUT2D eigenvalue weighted by molar-refractivity contribution is 5.98. The molecule has 24 heavy (non-hydrogen) atoms. The maximum Gasteiger partial charge on any atom is 0.387 e. The van der Waals surface area contributed by atoms with Crippen molar-refractivity contribution >= 4 is 11.6 Å². The molecule has 0 aliphatic carbocycles. The van der Waals surface area contributed by atoms with E-state index in [1.54, 1.807) is 6.92 Å². The quantitative estimate of drug-likeness (QED) is 0.644. The number of rotatable bonds is 6. The van der Waals surface area contributed by atoms with Crippen molar-refractivity contribution in [2.75, 3.05) is 0 Å². The topological polar surface area (TPSA) is 81.5 Å². The SMILES string of the molecule is CC(NC(=O)c1ccccc1[N+](=O)[O-])c1ccc(OC(F)F)cc1. The number of alkyl halides is 2. The molecule has 2 rings (SSSR count). The van der Waals surface area contributed by atoms with Crippen molar-refractivity contribution in [1.29, 1.82) is 0 Å². The highest BCUT2D eigenvalue weighted by Gasteiger charge is 2.20. The number of hydrogen-bond donors (Lipinski definition) is 1. The number of benzene rings is 2. The molecule has 0 aliphatic rings. The zero-order chi connectivity index (χ0) is 17.7. The van der Waals surface area contributed by atoms with Crippen molar-refractivity contribution in [2.45, 2.75) is 19.6 Å². The van der Waals surface area contributed by atoms with Gasteiger partial charge in [0, 0.05) is 6.07 Å². The van der Waals surface area contributed by atoms with E-state index in [-0.39, 0.29) is 17.0 Å². The Morgan fingerprint density at radius 2 is 1.79 bits per heavy atom. The Hall–Kier alpha value is -3.03. The molecule has 0 heterocycles. The first-order valence-electron chi connectivity index (χ1n) is 6.97. The largest absolute Gasteiger partial charge is 0.435 e. The van der Waals surface area contributed by atoms with Crippen molar-refractivity contribution in [2.24, 2.45) is 0 Å². The van der Waals surface area contributed by atoms with Crippen LogP contribution in [0.3, 0.4) is 0 Å². The Bertz CT molecular complexity index is 735. The van der Waals surface area contributed by atoms with Crippen LogP contribution < -0.4 is 10.1 Å². The van der Waals surface area contributed by atoms with E-state index >= 15 is 0 Å². The average Bonchev–Trinajstić information content (AvgIpc) is 2.54. The van der Waals surface area contributed by atoms with Gasteiger partial charge in [0.15, 0.2) is 0 Å². The van der Waals surface area contributed by atoms with Gasteiger partial charge in [0.2, 0.25) is 0 Å². The Labute approximate surface area is 136 Å². The Balaban J connectivity index is 2.10. The van der Waals surface area contributed by atoms with Gasteiger partial charge in [-0.05, 0) is 30.7 Å². The summed E-state index contributed by atoms with van der Waals surface area (Å²) in [6.45, 7) is -1.23. The van der Waals surface area contributed by atoms with E-state index in [0.717, 1.165) is 0 Å². The minimum absolute atomic E-state index is 0.00553. The van der Waals surface area contributed by atoms with Gasteiger partial charge in [0.1, 0.15) is 11.3 Å². The molecule has 8 heteroatoms. The summed E-state index contributed by atoms with van der Waals surface area (Å²) < 4.78 is 28.5. The van der Waals surface area contributed by atoms with E-state index in [1.807, 2.05) is 0 Å². The van der Waals surface area contributed by atoms with Crippen LogP contribution in [0.5, 0.6) is 5.75 Å². The highest BCUT2D eigenvalue weighted by Crippen LogP contribution is 2.21. The minimum atomic E-state index is -2.91. The average molecular weight is 336 g/mol. The summed E-state index contributed by atoms with van der Waals surface area (Å²) in [4.78, 5) is 22.6. The van der Waals surface area contributed by atoms with Gasteiger partial charge >= 0.3 is 6.61 Å². The second kappa shape index (κ2) is 7.49. The number of para-hydroxylation sites is 1. The summed E-state index contributed by atoms with van der Waals surface area (Å²) in [6, 6.07) is 10.9. The molecule has 0 fully saturated rings. The molecule has 0 spiro atoms. The van der Waals surface area contributed by atoms with Crippen LogP contribution in [0.25, 0.3) is 0 Å². The normalized spacial score (nSPS) is 11.8. The molecule has 0 radical (unpaired) electrons. The lowest BCUT2D eigenvalue weighted by Crippen LogP contribution is -2.27. The molecule has 6 nitrogen and oxygen atoms in total. The first-order chi connectivity index (χ1) is 11.4. The third-order valence-electron chi connectivity index (χ3n) is 3.30. The molecule has 1 atom stereocenters. The molecule has 1 unspecified atom stereocenters. The van der Waals surface area contributed by atoms with Crippen LogP contribution in [-0.2, 0) is 0 Å². The summed E-state index contributed by atoms with van der Waals surface area (Å²) in [7, 11) is 0. The lowest BCUT2D eigenvalue weighted by atomic mass is 10.1. The zero-order valence-corrected chi connectivity index (χ0v) is 12.6. The summed E-state index contributed by atoms with van der Waals surface area (Å²) in [5.41, 5.74) is 0.304. The van der Waals surface area contributed by atoms with Gasteiger partial charge in [-0.1, -0.05) is 24.3 Å². The van der Waals surface area contributed by atoms with Crippen molar-refractivity contribution < 1.29 is 23.2 Å². The van der Waals surface area contributed by atoms with Crippen LogP contribution in [0.2, 0.25) is 0 Å². The number of hydrogen-bond acceptors (Lipinski definition) is 4. The van der Waals surface area contributed by atoms with Gasteiger partial charge in [-0.25, -0.2) is 0 Å². The molecule has 0 saturated carbocycles. The van der Waals surface area contributed by atoms with Gasteiger partial charge in [0.25, 0.3) is 11.6 Å².